The van der Waals surface area contributed by atoms with Gasteiger partial charge in [0.05, 0.1) is 0 Å². The van der Waals surface area contributed by atoms with Crippen LogP contribution in [0.15, 0.2) is 18.2 Å². The average Bonchev–Trinajstić information content (AvgIpc) is 2.55. The molecule has 0 aliphatic rings. The summed E-state index contributed by atoms with van der Waals surface area (Å²) >= 11 is 0. The van der Waals surface area contributed by atoms with Gasteiger partial charge in [0.25, 0.3) is 0 Å². The minimum atomic E-state index is -1.11. The van der Waals surface area contributed by atoms with Gasteiger partial charge in [0.15, 0.2) is 0 Å². The molecule has 4 nitrogen and oxygen atoms in total. The Morgan fingerprint density at radius 2 is 1.44 bits per heavy atom. The highest BCUT2D eigenvalue weighted by molar-refractivity contribution is 6.10. The standard InChI is InChI=1S/C21H34N2O2/c1-9-23(10-2)20(25)21(7,8)19(24)22-18-16(14(3)4)12-11-13-17(18)15(5)6/h11-15H,9-10H2,1-8H3,(H,22,24). The third-order valence-corrected chi connectivity index (χ3v) is 4.76. The lowest BCUT2D eigenvalue weighted by Crippen LogP contribution is -2.47. The highest BCUT2D eigenvalue weighted by Crippen LogP contribution is 2.34. The quantitative estimate of drug-likeness (QED) is 0.723. The zero-order chi connectivity index (χ0) is 19.4. The smallest absolute Gasteiger partial charge is 0.239 e. The van der Waals surface area contributed by atoms with Gasteiger partial charge in [-0.15, -0.1) is 0 Å². The highest BCUT2D eigenvalue weighted by atomic mass is 16.2. The molecular formula is C21H34N2O2. The lowest BCUT2D eigenvalue weighted by Gasteiger charge is -2.30. The van der Waals surface area contributed by atoms with E-state index in [-0.39, 0.29) is 23.7 Å². The molecule has 0 saturated carbocycles. The SMILES string of the molecule is CCN(CC)C(=O)C(C)(C)C(=O)Nc1c(C(C)C)cccc1C(C)C. The Morgan fingerprint density at radius 3 is 1.80 bits per heavy atom. The van der Waals surface area contributed by atoms with Crippen LogP contribution in [0.4, 0.5) is 5.69 Å². The second-order valence-corrected chi connectivity index (χ2v) is 7.68. The Hall–Kier alpha value is -1.84. The number of benzene rings is 1. The van der Waals surface area contributed by atoms with E-state index in [2.05, 4.69) is 33.0 Å². The van der Waals surface area contributed by atoms with Crippen molar-refractivity contribution in [3.63, 3.8) is 0 Å². The first-order valence-corrected chi connectivity index (χ1v) is 9.31. The molecule has 0 radical (unpaired) electrons. The van der Waals surface area contributed by atoms with Crippen molar-refractivity contribution < 1.29 is 9.59 Å². The summed E-state index contributed by atoms with van der Waals surface area (Å²) in [7, 11) is 0. The number of anilines is 1. The van der Waals surface area contributed by atoms with Gasteiger partial charge < -0.3 is 10.2 Å². The number of para-hydroxylation sites is 1. The van der Waals surface area contributed by atoms with E-state index >= 15 is 0 Å². The van der Waals surface area contributed by atoms with Gasteiger partial charge >= 0.3 is 0 Å². The maximum absolute atomic E-state index is 13.0. The zero-order valence-corrected chi connectivity index (χ0v) is 17.1. The molecule has 0 spiro atoms. The normalized spacial score (nSPS) is 11.8. The summed E-state index contributed by atoms with van der Waals surface area (Å²) in [5, 5.41) is 3.08. The Labute approximate surface area is 153 Å². The van der Waals surface area contributed by atoms with Crippen LogP contribution in [0, 0.1) is 5.41 Å². The number of rotatable bonds is 7. The number of hydrogen-bond acceptors (Lipinski definition) is 2. The molecule has 1 aromatic rings. The lowest BCUT2D eigenvalue weighted by atomic mass is 9.88. The molecule has 1 rings (SSSR count). The molecule has 0 atom stereocenters. The van der Waals surface area contributed by atoms with Gasteiger partial charge in [-0.05, 0) is 50.7 Å². The number of carbonyl (C=O) groups is 2. The van der Waals surface area contributed by atoms with Gasteiger partial charge in [-0.2, -0.15) is 0 Å². The summed E-state index contributed by atoms with van der Waals surface area (Å²) in [6.45, 7) is 16.9. The van der Waals surface area contributed by atoms with Crippen LogP contribution in [0.1, 0.15) is 78.4 Å². The molecule has 0 saturated heterocycles. The molecule has 0 bridgehead atoms. The molecule has 0 aromatic heterocycles. The van der Waals surface area contributed by atoms with Crippen molar-refractivity contribution in [1.82, 2.24) is 4.90 Å². The van der Waals surface area contributed by atoms with Crippen molar-refractivity contribution in [2.45, 2.75) is 67.2 Å². The lowest BCUT2D eigenvalue weighted by molar-refractivity contribution is -0.146. The van der Waals surface area contributed by atoms with Gasteiger partial charge in [0.1, 0.15) is 5.41 Å². The van der Waals surface area contributed by atoms with Crippen LogP contribution in [0.5, 0.6) is 0 Å². The maximum atomic E-state index is 13.0. The summed E-state index contributed by atoms with van der Waals surface area (Å²) in [6, 6.07) is 6.13. The third kappa shape index (κ3) is 4.62. The van der Waals surface area contributed by atoms with Gasteiger partial charge in [-0.25, -0.2) is 0 Å². The summed E-state index contributed by atoms with van der Waals surface area (Å²) in [5.41, 5.74) is 1.96. The van der Waals surface area contributed by atoms with Gasteiger partial charge in [0.2, 0.25) is 11.8 Å². The summed E-state index contributed by atoms with van der Waals surface area (Å²) in [4.78, 5) is 27.5. The van der Waals surface area contributed by atoms with Crippen LogP contribution < -0.4 is 5.32 Å². The average molecular weight is 347 g/mol. The van der Waals surface area contributed by atoms with Gasteiger partial charge in [-0.3, -0.25) is 9.59 Å². The first-order chi connectivity index (χ1) is 11.6. The molecule has 4 heteroatoms. The maximum Gasteiger partial charge on any atom is 0.239 e. The number of nitrogens with zero attached hydrogens (tertiary/aromatic N) is 1. The first kappa shape index (κ1) is 21.2. The molecule has 0 heterocycles. The Balaban J connectivity index is 3.24. The van der Waals surface area contributed by atoms with Crippen molar-refractivity contribution >= 4 is 17.5 Å². The summed E-state index contributed by atoms with van der Waals surface area (Å²) < 4.78 is 0. The number of nitrogens with one attached hydrogen (secondary N) is 1. The van der Waals surface area contributed by atoms with E-state index in [9.17, 15) is 9.59 Å². The molecule has 0 fully saturated rings. The van der Waals surface area contributed by atoms with Crippen LogP contribution in [-0.2, 0) is 9.59 Å². The van der Waals surface area contributed by atoms with Crippen molar-refractivity contribution in [2.75, 3.05) is 18.4 Å². The molecule has 0 aliphatic heterocycles. The second kappa shape index (κ2) is 8.50. The molecule has 1 aromatic carbocycles. The van der Waals surface area contributed by atoms with Crippen LogP contribution in [-0.4, -0.2) is 29.8 Å². The van der Waals surface area contributed by atoms with Gasteiger partial charge in [0, 0.05) is 18.8 Å². The Bertz CT molecular complexity index is 588. The second-order valence-electron chi connectivity index (χ2n) is 7.68. The monoisotopic (exact) mass is 346 g/mol. The topological polar surface area (TPSA) is 49.4 Å². The molecule has 25 heavy (non-hydrogen) atoms. The number of amides is 2. The fraction of sp³-hybridized carbons (Fsp3) is 0.619. The van der Waals surface area contributed by atoms with E-state index in [1.165, 1.54) is 0 Å². The molecule has 2 amide bonds. The molecule has 0 unspecified atom stereocenters. The van der Waals surface area contributed by atoms with Crippen LogP contribution in [0.25, 0.3) is 0 Å². The van der Waals surface area contributed by atoms with E-state index in [1.54, 1.807) is 18.7 Å². The fourth-order valence-corrected chi connectivity index (χ4v) is 2.97. The minimum absolute atomic E-state index is 0.136. The molecule has 0 aliphatic carbocycles. The minimum Gasteiger partial charge on any atom is -0.342 e. The Morgan fingerprint density at radius 1 is 1.00 bits per heavy atom. The van der Waals surface area contributed by atoms with Crippen LogP contribution in [0.2, 0.25) is 0 Å². The zero-order valence-electron chi connectivity index (χ0n) is 17.1. The number of hydrogen-bond donors (Lipinski definition) is 1. The van der Waals surface area contributed by atoms with Crippen molar-refractivity contribution in [3.8, 4) is 0 Å². The van der Waals surface area contributed by atoms with E-state index in [0.717, 1.165) is 16.8 Å². The molecule has 1 N–H and O–H groups in total. The van der Waals surface area contributed by atoms with Crippen molar-refractivity contribution in [3.05, 3.63) is 29.3 Å². The fourth-order valence-electron chi connectivity index (χ4n) is 2.97. The van der Waals surface area contributed by atoms with E-state index in [0.29, 0.717) is 13.1 Å². The molecular weight excluding hydrogens is 312 g/mol. The van der Waals surface area contributed by atoms with Gasteiger partial charge in [-0.1, -0.05) is 45.9 Å². The summed E-state index contributed by atoms with van der Waals surface area (Å²) in [6.07, 6.45) is 0. The first-order valence-electron chi connectivity index (χ1n) is 9.31. The molecule has 140 valence electrons. The van der Waals surface area contributed by atoms with Crippen LogP contribution in [0.3, 0.4) is 0 Å². The summed E-state index contributed by atoms with van der Waals surface area (Å²) in [5.74, 6) is 0.189. The highest BCUT2D eigenvalue weighted by Gasteiger charge is 2.39. The third-order valence-electron chi connectivity index (χ3n) is 4.76. The predicted octanol–water partition coefficient (Wildman–Crippen LogP) is 4.77. The Kier molecular flexibility index (Phi) is 7.21. The number of carbonyl (C=O) groups excluding carboxylic acids is 2. The van der Waals surface area contributed by atoms with Crippen LogP contribution >= 0.6 is 0 Å². The largest absolute Gasteiger partial charge is 0.342 e. The van der Waals surface area contributed by atoms with E-state index < -0.39 is 5.41 Å². The van der Waals surface area contributed by atoms with E-state index in [4.69, 9.17) is 0 Å². The predicted molar refractivity (Wildman–Crippen MR) is 105 cm³/mol. The van der Waals surface area contributed by atoms with E-state index in [1.807, 2.05) is 32.0 Å². The van der Waals surface area contributed by atoms with Crippen molar-refractivity contribution in [2.24, 2.45) is 5.41 Å². The van der Waals surface area contributed by atoms with Crippen molar-refractivity contribution in [1.29, 1.82) is 0 Å².